The molecule has 0 bridgehead atoms. The van der Waals surface area contributed by atoms with Gasteiger partial charge in [-0.25, -0.2) is 4.98 Å². The second-order valence-corrected chi connectivity index (χ2v) is 11.2. The number of allylic oxidation sites excluding steroid dienone is 8. The molecular weight excluding hydrogens is 597 g/mol. The average molecular weight is 645 g/mol. The molecule has 0 aromatic carbocycles. The molecule has 5 nitrogen and oxygen atoms in total. The van der Waals surface area contributed by atoms with Crippen LogP contribution in [0.2, 0.25) is 0 Å². The molecule has 1 aromatic rings. The normalized spacial score (nSPS) is 17.2. The third-order valence-corrected chi connectivity index (χ3v) is 6.63. The van der Waals surface area contributed by atoms with Crippen molar-refractivity contribution in [3.05, 3.63) is 77.2 Å². The first-order chi connectivity index (χ1) is 17.7. The standard InChI is InChI=1S/2C12H19N.C9H9NO2.2ClH.Fe/c2*1-8(2)10-6-5-7-11(9(3)4)12(10)13;1-6(11)8-4-3-5-9(10-8)7(2)12;;;/h2*5-10,13H,1-4H3;3-5H,1-2H3;2*1H;/q;;;;;+2/p-2. The summed E-state index contributed by atoms with van der Waals surface area (Å²) in [6, 6.07) is 4.84. The Kier molecular flexibility index (Phi) is 21.9. The van der Waals surface area contributed by atoms with Crippen LogP contribution in [0.3, 0.4) is 0 Å². The predicted molar refractivity (Wildman–Crippen MR) is 160 cm³/mol. The van der Waals surface area contributed by atoms with Crippen molar-refractivity contribution in [3.63, 3.8) is 0 Å². The van der Waals surface area contributed by atoms with Gasteiger partial charge < -0.3 is 35.6 Å². The van der Waals surface area contributed by atoms with E-state index in [9.17, 15) is 9.59 Å². The molecule has 2 aliphatic carbocycles. The van der Waals surface area contributed by atoms with Gasteiger partial charge in [-0.15, -0.1) is 0 Å². The number of aromatic nitrogens is 1. The number of rotatable bonds is 6. The minimum Gasteiger partial charge on any atom is -1.00 e. The number of carbonyl (C=O) groups is 2. The van der Waals surface area contributed by atoms with Crippen LogP contribution in [0.5, 0.6) is 0 Å². The minimum absolute atomic E-state index is 0. The largest absolute Gasteiger partial charge is 2.00 e. The Balaban J connectivity index is -0.000000510. The summed E-state index contributed by atoms with van der Waals surface area (Å²) in [5.74, 6) is 2.40. The summed E-state index contributed by atoms with van der Waals surface area (Å²) in [6.07, 6.45) is 12.6. The van der Waals surface area contributed by atoms with Crippen LogP contribution in [-0.4, -0.2) is 28.0 Å². The number of nitrogens with one attached hydrogen (secondary N) is 2. The van der Waals surface area contributed by atoms with Gasteiger partial charge in [0.15, 0.2) is 11.6 Å². The molecule has 228 valence electrons. The third-order valence-electron chi connectivity index (χ3n) is 6.63. The number of nitrogens with zero attached hydrogens (tertiary/aromatic N) is 1. The van der Waals surface area contributed by atoms with Crippen molar-refractivity contribution in [2.24, 2.45) is 35.5 Å². The van der Waals surface area contributed by atoms with E-state index in [1.54, 1.807) is 18.2 Å². The smallest absolute Gasteiger partial charge is 1.00 e. The van der Waals surface area contributed by atoms with Crippen molar-refractivity contribution < 1.29 is 51.5 Å². The van der Waals surface area contributed by atoms with Gasteiger partial charge >= 0.3 is 17.1 Å². The zero-order chi connectivity index (χ0) is 29.2. The predicted octanol–water partition coefficient (Wildman–Crippen LogP) is 2.35. The molecule has 0 amide bonds. The second-order valence-electron chi connectivity index (χ2n) is 11.2. The van der Waals surface area contributed by atoms with E-state index in [0.29, 0.717) is 46.9 Å². The number of hydrogen-bond donors (Lipinski definition) is 2. The summed E-state index contributed by atoms with van der Waals surface area (Å²) >= 11 is 0. The zero-order valence-electron chi connectivity index (χ0n) is 26.0. The van der Waals surface area contributed by atoms with Crippen LogP contribution in [0, 0.1) is 46.3 Å². The van der Waals surface area contributed by atoms with Gasteiger partial charge in [0.1, 0.15) is 11.4 Å². The minimum atomic E-state index is -0.127. The molecule has 2 unspecified atom stereocenters. The molecule has 1 aromatic heterocycles. The molecule has 41 heavy (non-hydrogen) atoms. The summed E-state index contributed by atoms with van der Waals surface area (Å²) in [4.78, 5) is 25.6. The Morgan fingerprint density at radius 2 is 1.00 bits per heavy atom. The van der Waals surface area contributed by atoms with Crippen LogP contribution in [0.4, 0.5) is 0 Å². The molecule has 2 aliphatic rings. The topological polar surface area (TPSA) is 94.7 Å². The SMILES string of the molecule is CC(=O)c1cccc(C(C)=O)n1.CC(C)C1=CC=CC(C(C)C)C1=N.CC(C)C1=CC=CC(C(C)C)C1=N.[Cl-].[Cl-].[Fe+2]. The van der Waals surface area contributed by atoms with E-state index in [1.165, 1.54) is 25.0 Å². The van der Waals surface area contributed by atoms with E-state index in [2.05, 4.69) is 96.8 Å². The van der Waals surface area contributed by atoms with Crippen molar-refractivity contribution >= 4 is 23.0 Å². The van der Waals surface area contributed by atoms with Crippen molar-refractivity contribution in [2.75, 3.05) is 0 Å². The Morgan fingerprint density at radius 3 is 1.24 bits per heavy atom. The molecular formula is C33H47Cl2FeN3O2. The monoisotopic (exact) mass is 643 g/mol. The number of hydrogen-bond acceptors (Lipinski definition) is 5. The van der Waals surface area contributed by atoms with Gasteiger partial charge in [-0.2, -0.15) is 0 Å². The van der Waals surface area contributed by atoms with Crippen LogP contribution in [0.1, 0.15) is 90.2 Å². The molecule has 0 aliphatic heterocycles. The van der Waals surface area contributed by atoms with Crippen molar-refractivity contribution in [1.29, 1.82) is 10.8 Å². The Morgan fingerprint density at radius 1 is 0.683 bits per heavy atom. The van der Waals surface area contributed by atoms with Crippen LogP contribution < -0.4 is 24.8 Å². The molecule has 0 saturated heterocycles. The fourth-order valence-electron chi connectivity index (χ4n) is 4.26. The number of halogens is 2. The molecule has 1 heterocycles. The van der Waals surface area contributed by atoms with Gasteiger partial charge in [0.2, 0.25) is 0 Å². The maximum Gasteiger partial charge on any atom is 2.00 e. The van der Waals surface area contributed by atoms with E-state index >= 15 is 0 Å². The number of pyridine rings is 1. The first-order valence-corrected chi connectivity index (χ1v) is 13.6. The van der Waals surface area contributed by atoms with Crippen LogP contribution in [0.15, 0.2) is 65.8 Å². The molecule has 8 heteroatoms. The van der Waals surface area contributed by atoms with Crippen molar-refractivity contribution in [3.8, 4) is 0 Å². The zero-order valence-corrected chi connectivity index (χ0v) is 28.6. The number of Topliss-reactive ketones (excluding diaryl/α,β-unsaturated/α-hetero) is 2. The van der Waals surface area contributed by atoms with Gasteiger partial charge in [0.25, 0.3) is 0 Å². The summed E-state index contributed by atoms with van der Waals surface area (Å²) in [6.45, 7) is 20.1. The van der Waals surface area contributed by atoms with E-state index in [-0.39, 0.29) is 53.4 Å². The second kappa shape index (κ2) is 20.7. The molecule has 0 saturated carbocycles. The average Bonchev–Trinajstić information content (AvgIpc) is 2.84. The van der Waals surface area contributed by atoms with Crippen LogP contribution in [-0.2, 0) is 17.1 Å². The van der Waals surface area contributed by atoms with Gasteiger partial charge in [-0.1, -0.05) is 97.9 Å². The molecule has 2 atom stereocenters. The quantitative estimate of drug-likeness (QED) is 0.368. The molecule has 0 spiro atoms. The van der Waals surface area contributed by atoms with Crippen LogP contribution >= 0.6 is 0 Å². The third kappa shape index (κ3) is 13.6. The summed E-state index contributed by atoms with van der Waals surface area (Å²) in [5, 5.41) is 16.1. The van der Waals surface area contributed by atoms with E-state index in [4.69, 9.17) is 10.8 Å². The van der Waals surface area contributed by atoms with Gasteiger partial charge in [0.05, 0.1) is 0 Å². The molecule has 3 rings (SSSR count). The van der Waals surface area contributed by atoms with E-state index in [0.717, 1.165) is 11.4 Å². The van der Waals surface area contributed by atoms with Gasteiger partial charge in [-0.3, -0.25) is 9.59 Å². The first-order valence-electron chi connectivity index (χ1n) is 13.6. The van der Waals surface area contributed by atoms with E-state index in [1.807, 2.05) is 0 Å². The van der Waals surface area contributed by atoms with Crippen LogP contribution in [0.25, 0.3) is 0 Å². The van der Waals surface area contributed by atoms with Crippen molar-refractivity contribution in [2.45, 2.75) is 69.2 Å². The Hall–Kier alpha value is -2.11. The Labute approximate surface area is 271 Å². The maximum absolute atomic E-state index is 10.8. The van der Waals surface area contributed by atoms with Gasteiger partial charge in [-0.05, 0) is 47.0 Å². The summed E-state index contributed by atoms with van der Waals surface area (Å²) < 4.78 is 0. The van der Waals surface area contributed by atoms with E-state index < -0.39 is 0 Å². The maximum atomic E-state index is 10.8. The number of ketones is 2. The van der Waals surface area contributed by atoms with Gasteiger partial charge in [0, 0.05) is 37.1 Å². The first kappa shape index (κ1) is 43.3. The fourth-order valence-corrected chi connectivity index (χ4v) is 4.26. The van der Waals surface area contributed by atoms with Crippen molar-refractivity contribution in [1.82, 2.24) is 4.98 Å². The Bertz CT molecular complexity index is 1060. The number of carbonyl (C=O) groups excluding carboxylic acids is 2. The molecule has 2 N–H and O–H groups in total. The fraction of sp³-hybridized carbons (Fsp3) is 0.485. The molecule has 0 radical (unpaired) electrons. The summed E-state index contributed by atoms with van der Waals surface area (Å²) in [5.41, 5.74) is 4.69. The molecule has 0 fully saturated rings. The summed E-state index contributed by atoms with van der Waals surface area (Å²) in [7, 11) is 0.